The summed E-state index contributed by atoms with van der Waals surface area (Å²) in [6.45, 7) is 8.00. The third-order valence-corrected chi connectivity index (χ3v) is 4.04. The van der Waals surface area contributed by atoms with E-state index in [1.54, 1.807) is 12.0 Å². The molecule has 6 heteroatoms. The molecule has 1 fully saturated rings. The molecule has 1 rings (SSSR count). The zero-order chi connectivity index (χ0) is 16.1. The van der Waals surface area contributed by atoms with E-state index in [4.69, 9.17) is 9.84 Å². The minimum absolute atomic E-state index is 0.0135. The van der Waals surface area contributed by atoms with Crippen molar-refractivity contribution < 1.29 is 19.4 Å². The summed E-state index contributed by atoms with van der Waals surface area (Å²) >= 11 is 0. The number of carboxylic acid groups (broad SMARTS) is 1. The molecule has 0 bridgehead atoms. The summed E-state index contributed by atoms with van der Waals surface area (Å²) in [4.78, 5) is 25.7. The summed E-state index contributed by atoms with van der Waals surface area (Å²) in [6.07, 6.45) is 1.41. The molecule has 6 nitrogen and oxygen atoms in total. The third kappa shape index (κ3) is 4.68. The average molecular weight is 300 g/mol. The Morgan fingerprint density at radius 3 is 2.29 bits per heavy atom. The van der Waals surface area contributed by atoms with Gasteiger partial charge < -0.3 is 20.1 Å². The predicted octanol–water partition coefficient (Wildman–Crippen LogP) is 1.10. The highest BCUT2D eigenvalue weighted by atomic mass is 16.5. The third-order valence-electron chi connectivity index (χ3n) is 4.04. The van der Waals surface area contributed by atoms with Crippen molar-refractivity contribution >= 4 is 11.9 Å². The van der Waals surface area contributed by atoms with Crippen molar-refractivity contribution in [3.63, 3.8) is 0 Å². The van der Waals surface area contributed by atoms with Gasteiger partial charge in [-0.3, -0.25) is 9.59 Å². The number of hydrogen-bond acceptors (Lipinski definition) is 4. The van der Waals surface area contributed by atoms with Crippen molar-refractivity contribution in [2.45, 2.75) is 45.6 Å². The minimum Gasteiger partial charge on any atom is -0.481 e. The van der Waals surface area contributed by atoms with Crippen LogP contribution < -0.4 is 5.32 Å². The van der Waals surface area contributed by atoms with Crippen LogP contribution in [0.3, 0.4) is 0 Å². The van der Waals surface area contributed by atoms with E-state index >= 15 is 0 Å². The fraction of sp³-hybridized carbons (Fsp3) is 0.867. The lowest BCUT2D eigenvalue weighted by Gasteiger charge is -2.44. The molecule has 0 radical (unpaired) electrons. The Hall–Kier alpha value is -1.14. The van der Waals surface area contributed by atoms with E-state index in [0.29, 0.717) is 6.61 Å². The van der Waals surface area contributed by atoms with E-state index in [1.165, 1.54) is 0 Å². The maximum absolute atomic E-state index is 13.1. The van der Waals surface area contributed by atoms with Crippen molar-refractivity contribution in [1.82, 2.24) is 10.2 Å². The highest BCUT2D eigenvalue weighted by molar-refractivity contribution is 5.84. The molecule has 0 aromatic carbocycles. The second-order valence-corrected chi connectivity index (χ2v) is 6.73. The van der Waals surface area contributed by atoms with Crippen LogP contribution in [0.5, 0.6) is 0 Å². The molecule has 0 aliphatic carbocycles. The van der Waals surface area contributed by atoms with Gasteiger partial charge in [0, 0.05) is 19.2 Å². The zero-order valence-corrected chi connectivity index (χ0v) is 13.6. The number of carbonyl (C=O) groups excluding carboxylic acids is 1. The van der Waals surface area contributed by atoms with Gasteiger partial charge in [0.15, 0.2) is 0 Å². The van der Waals surface area contributed by atoms with Crippen LogP contribution >= 0.6 is 0 Å². The SMILES string of the molecule is COCC1(C(=O)N(CCC(=O)O)C(C)(C)C)CCNCC1. The first kappa shape index (κ1) is 17.9. The van der Waals surface area contributed by atoms with Crippen molar-refractivity contribution in [1.29, 1.82) is 0 Å². The molecule has 0 unspecified atom stereocenters. The highest BCUT2D eigenvalue weighted by Gasteiger charge is 2.44. The van der Waals surface area contributed by atoms with E-state index in [9.17, 15) is 9.59 Å². The minimum atomic E-state index is -0.886. The molecule has 1 saturated heterocycles. The fourth-order valence-electron chi connectivity index (χ4n) is 2.84. The largest absolute Gasteiger partial charge is 0.481 e. The number of amides is 1. The Labute approximate surface area is 126 Å². The van der Waals surface area contributed by atoms with Gasteiger partial charge in [0.1, 0.15) is 0 Å². The van der Waals surface area contributed by atoms with Gasteiger partial charge in [0.25, 0.3) is 0 Å². The van der Waals surface area contributed by atoms with E-state index in [0.717, 1.165) is 25.9 Å². The molecule has 0 aromatic heterocycles. The van der Waals surface area contributed by atoms with Gasteiger partial charge in [-0.1, -0.05) is 0 Å². The monoisotopic (exact) mass is 300 g/mol. The molecule has 0 atom stereocenters. The number of nitrogens with one attached hydrogen (secondary N) is 1. The number of hydrogen-bond donors (Lipinski definition) is 2. The van der Waals surface area contributed by atoms with Crippen LogP contribution in [0.15, 0.2) is 0 Å². The van der Waals surface area contributed by atoms with Gasteiger partial charge in [-0.15, -0.1) is 0 Å². The molecule has 1 aliphatic rings. The van der Waals surface area contributed by atoms with Gasteiger partial charge in [-0.05, 0) is 46.7 Å². The number of methoxy groups -OCH3 is 1. The van der Waals surface area contributed by atoms with Crippen molar-refractivity contribution in [2.75, 3.05) is 33.4 Å². The summed E-state index contributed by atoms with van der Waals surface area (Å²) in [5.41, 5.74) is -0.941. The summed E-state index contributed by atoms with van der Waals surface area (Å²) in [5, 5.41) is 12.2. The summed E-state index contributed by atoms with van der Waals surface area (Å²) in [5.74, 6) is -0.872. The van der Waals surface area contributed by atoms with Gasteiger partial charge in [0.2, 0.25) is 5.91 Å². The van der Waals surface area contributed by atoms with Crippen LogP contribution in [-0.4, -0.2) is 60.8 Å². The molecule has 2 N–H and O–H groups in total. The first-order valence-corrected chi connectivity index (χ1v) is 7.46. The Morgan fingerprint density at radius 1 is 1.29 bits per heavy atom. The van der Waals surface area contributed by atoms with Crippen molar-refractivity contribution in [2.24, 2.45) is 5.41 Å². The predicted molar refractivity (Wildman–Crippen MR) is 80.1 cm³/mol. The Balaban J connectivity index is 2.97. The maximum Gasteiger partial charge on any atom is 0.305 e. The summed E-state index contributed by atoms with van der Waals surface area (Å²) in [6, 6.07) is 0. The molecule has 21 heavy (non-hydrogen) atoms. The zero-order valence-electron chi connectivity index (χ0n) is 13.6. The first-order chi connectivity index (χ1) is 9.73. The average Bonchev–Trinajstić information content (AvgIpc) is 2.38. The maximum atomic E-state index is 13.1. The number of carboxylic acids is 1. The number of aliphatic carboxylic acids is 1. The normalized spacial score (nSPS) is 18.3. The van der Waals surface area contributed by atoms with E-state index < -0.39 is 16.9 Å². The molecular weight excluding hydrogens is 272 g/mol. The van der Waals surface area contributed by atoms with E-state index in [1.807, 2.05) is 20.8 Å². The quantitative estimate of drug-likeness (QED) is 0.768. The Morgan fingerprint density at radius 2 is 1.86 bits per heavy atom. The van der Waals surface area contributed by atoms with Crippen LogP contribution in [0.25, 0.3) is 0 Å². The second kappa shape index (κ2) is 7.22. The standard InChI is InChI=1S/C15H28N2O4/c1-14(2,3)17(10-5-12(18)19)13(20)15(11-21-4)6-8-16-9-7-15/h16H,5-11H2,1-4H3,(H,18,19). The molecule has 1 heterocycles. The summed E-state index contributed by atoms with van der Waals surface area (Å²) < 4.78 is 5.30. The highest BCUT2D eigenvalue weighted by Crippen LogP contribution is 2.34. The molecular formula is C15H28N2O4. The van der Waals surface area contributed by atoms with E-state index in [2.05, 4.69) is 5.32 Å². The number of ether oxygens (including phenoxy) is 1. The lowest BCUT2D eigenvalue weighted by molar-refractivity contribution is -0.153. The fourth-order valence-corrected chi connectivity index (χ4v) is 2.84. The number of rotatable bonds is 6. The summed E-state index contributed by atoms with van der Waals surface area (Å²) in [7, 11) is 1.61. The molecule has 0 saturated carbocycles. The van der Waals surface area contributed by atoms with Crippen LogP contribution in [0.2, 0.25) is 0 Å². The second-order valence-electron chi connectivity index (χ2n) is 6.73. The molecule has 0 aromatic rings. The van der Waals surface area contributed by atoms with Crippen LogP contribution in [-0.2, 0) is 14.3 Å². The van der Waals surface area contributed by atoms with Gasteiger partial charge in [0.05, 0.1) is 18.4 Å². The van der Waals surface area contributed by atoms with E-state index in [-0.39, 0.29) is 18.9 Å². The number of nitrogens with zero attached hydrogens (tertiary/aromatic N) is 1. The molecule has 0 spiro atoms. The van der Waals surface area contributed by atoms with Gasteiger partial charge >= 0.3 is 5.97 Å². The Kier molecular flexibility index (Phi) is 6.16. The number of piperidine rings is 1. The van der Waals surface area contributed by atoms with Gasteiger partial charge in [-0.25, -0.2) is 0 Å². The lowest BCUT2D eigenvalue weighted by atomic mass is 9.77. The first-order valence-electron chi connectivity index (χ1n) is 7.46. The van der Waals surface area contributed by atoms with Crippen molar-refractivity contribution in [3.05, 3.63) is 0 Å². The van der Waals surface area contributed by atoms with Crippen LogP contribution in [0.1, 0.15) is 40.0 Å². The van der Waals surface area contributed by atoms with Crippen molar-refractivity contribution in [3.8, 4) is 0 Å². The van der Waals surface area contributed by atoms with Crippen LogP contribution in [0, 0.1) is 5.41 Å². The lowest BCUT2D eigenvalue weighted by Crippen LogP contribution is -2.57. The Bertz CT molecular complexity index is 365. The molecule has 122 valence electrons. The molecule has 1 amide bonds. The molecule has 1 aliphatic heterocycles. The topological polar surface area (TPSA) is 78.9 Å². The van der Waals surface area contributed by atoms with Gasteiger partial charge in [-0.2, -0.15) is 0 Å². The smallest absolute Gasteiger partial charge is 0.305 e. The van der Waals surface area contributed by atoms with Crippen LogP contribution in [0.4, 0.5) is 0 Å². The number of carbonyl (C=O) groups is 2.